The molecule has 0 atom stereocenters. The van der Waals surface area contributed by atoms with E-state index in [9.17, 15) is 4.79 Å². The van der Waals surface area contributed by atoms with Gasteiger partial charge in [-0.25, -0.2) is 4.79 Å². The summed E-state index contributed by atoms with van der Waals surface area (Å²) in [6, 6.07) is 3.15. The van der Waals surface area contributed by atoms with E-state index in [0.717, 1.165) is 11.5 Å². The molecule has 1 aromatic heterocycles. The van der Waals surface area contributed by atoms with Crippen LogP contribution in [0, 0.1) is 0 Å². The molecule has 0 aliphatic heterocycles. The Kier molecular flexibility index (Phi) is 2.34. The molecule has 14 heavy (non-hydrogen) atoms. The maximum Gasteiger partial charge on any atom is 0.356 e. The molecule has 0 spiro atoms. The van der Waals surface area contributed by atoms with Gasteiger partial charge < -0.3 is 5.11 Å². The lowest BCUT2D eigenvalue weighted by atomic mass is 10.2. The number of aromatic carboxylic acids is 1. The second-order valence-electron chi connectivity index (χ2n) is 2.60. The average molecular weight is 248 g/mol. The number of carboxylic acids is 1. The molecule has 0 aliphatic carbocycles. The van der Waals surface area contributed by atoms with Gasteiger partial charge in [0.25, 0.3) is 0 Å². The first kappa shape index (κ1) is 9.71. The highest BCUT2D eigenvalue weighted by atomic mass is 35.5. The summed E-state index contributed by atoms with van der Waals surface area (Å²) in [6.07, 6.45) is 0. The van der Waals surface area contributed by atoms with Gasteiger partial charge in [0.1, 0.15) is 0 Å². The van der Waals surface area contributed by atoms with Gasteiger partial charge in [0.2, 0.25) is 0 Å². The Balaban J connectivity index is 2.85. The van der Waals surface area contributed by atoms with E-state index in [-0.39, 0.29) is 5.69 Å². The van der Waals surface area contributed by atoms with Crippen molar-refractivity contribution in [3.8, 4) is 0 Å². The van der Waals surface area contributed by atoms with Crippen molar-refractivity contribution in [3.05, 3.63) is 27.9 Å². The predicted molar refractivity (Wildman–Crippen MR) is 56.6 cm³/mol. The smallest absolute Gasteiger partial charge is 0.356 e. The van der Waals surface area contributed by atoms with Gasteiger partial charge in [-0.05, 0) is 23.7 Å². The molecule has 0 unspecified atom stereocenters. The third kappa shape index (κ3) is 1.45. The number of halogens is 2. The molecular weight excluding hydrogens is 245 g/mol. The molecule has 0 radical (unpaired) electrons. The number of fused-ring (bicyclic) bond motifs is 1. The van der Waals surface area contributed by atoms with Crippen molar-refractivity contribution in [2.45, 2.75) is 0 Å². The first-order valence-electron chi connectivity index (χ1n) is 3.57. The second-order valence-corrected chi connectivity index (χ2v) is 4.25. The number of hydrogen-bond donors (Lipinski definition) is 1. The lowest BCUT2D eigenvalue weighted by molar-refractivity contribution is 0.0694. The molecule has 72 valence electrons. The Morgan fingerprint density at radius 2 is 2.14 bits per heavy atom. The van der Waals surface area contributed by atoms with Crippen molar-refractivity contribution in [1.29, 1.82) is 0 Å². The molecule has 1 aromatic carbocycles. The Labute approximate surface area is 93.0 Å². The minimum atomic E-state index is -1.08. The summed E-state index contributed by atoms with van der Waals surface area (Å²) in [6.45, 7) is 0. The zero-order chi connectivity index (χ0) is 10.3. The number of aromatic nitrogens is 1. The van der Waals surface area contributed by atoms with Crippen LogP contribution in [0.5, 0.6) is 0 Å². The van der Waals surface area contributed by atoms with Crippen LogP contribution in [0.1, 0.15) is 10.5 Å². The molecule has 0 bridgehead atoms. The molecule has 0 aliphatic rings. The van der Waals surface area contributed by atoms with Crippen molar-refractivity contribution >= 4 is 50.8 Å². The minimum absolute atomic E-state index is 0.0216. The molecule has 0 saturated carbocycles. The number of carbonyl (C=O) groups is 1. The number of benzene rings is 1. The van der Waals surface area contributed by atoms with Crippen molar-refractivity contribution < 1.29 is 9.90 Å². The van der Waals surface area contributed by atoms with Gasteiger partial charge in [0, 0.05) is 10.4 Å². The summed E-state index contributed by atoms with van der Waals surface area (Å²) < 4.78 is 4.48. The summed E-state index contributed by atoms with van der Waals surface area (Å²) in [5.74, 6) is -1.08. The molecule has 0 fully saturated rings. The van der Waals surface area contributed by atoms with Crippen molar-refractivity contribution in [1.82, 2.24) is 4.37 Å². The zero-order valence-electron chi connectivity index (χ0n) is 6.62. The van der Waals surface area contributed by atoms with Gasteiger partial charge in [-0.15, -0.1) is 0 Å². The van der Waals surface area contributed by atoms with Gasteiger partial charge in [-0.2, -0.15) is 4.37 Å². The van der Waals surface area contributed by atoms with Crippen LogP contribution in [-0.2, 0) is 0 Å². The summed E-state index contributed by atoms with van der Waals surface area (Å²) in [5.41, 5.74) is -0.0216. The first-order valence-corrected chi connectivity index (χ1v) is 5.10. The summed E-state index contributed by atoms with van der Waals surface area (Å²) >= 11 is 12.7. The van der Waals surface area contributed by atoms with E-state index in [4.69, 9.17) is 28.3 Å². The molecule has 2 aromatic rings. The third-order valence-corrected chi connectivity index (χ3v) is 3.00. The lowest BCUT2D eigenvalue weighted by Crippen LogP contribution is -1.96. The van der Waals surface area contributed by atoms with Gasteiger partial charge in [-0.1, -0.05) is 23.2 Å². The Morgan fingerprint density at radius 1 is 1.43 bits per heavy atom. The SMILES string of the molecule is O=C(O)c1nsc2cc(Cl)cc(Cl)c12. The van der Waals surface area contributed by atoms with Gasteiger partial charge in [0.05, 0.1) is 9.72 Å². The summed E-state index contributed by atoms with van der Waals surface area (Å²) in [5, 5.41) is 10.1. The van der Waals surface area contributed by atoms with Crippen molar-refractivity contribution in [2.75, 3.05) is 0 Å². The number of carboxylic acid groups (broad SMARTS) is 1. The van der Waals surface area contributed by atoms with Crippen LogP contribution in [-0.4, -0.2) is 15.4 Å². The highest BCUT2D eigenvalue weighted by Gasteiger charge is 2.16. The van der Waals surface area contributed by atoms with Crippen LogP contribution in [0.3, 0.4) is 0 Å². The van der Waals surface area contributed by atoms with E-state index >= 15 is 0 Å². The predicted octanol–water partition coefficient (Wildman–Crippen LogP) is 3.30. The number of rotatable bonds is 1. The molecule has 2 rings (SSSR count). The molecule has 6 heteroatoms. The Hall–Kier alpha value is -0.840. The second kappa shape index (κ2) is 3.38. The van der Waals surface area contributed by atoms with Gasteiger partial charge >= 0.3 is 5.97 Å². The van der Waals surface area contributed by atoms with E-state index in [1.807, 2.05) is 0 Å². The monoisotopic (exact) mass is 247 g/mol. The Bertz CT molecular complexity index is 523. The molecular formula is C8H3Cl2NO2S. The van der Waals surface area contributed by atoms with Gasteiger partial charge in [-0.3, -0.25) is 0 Å². The molecule has 1 N–H and O–H groups in total. The van der Waals surface area contributed by atoms with Crippen molar-refractivity contribution in [3.63, 3.8) is 0 Å². The average Bonchev–Trinajstić information content (AvgIpc) is 2.47. The lowest BCUT2D eigenvalue weighted by Gasteiger charge is -1.95. The molecule has 0 amide bonds. The van der Waals surface area contributed by atoms with E-state index < -0.39 is 5.97 Å². The van der Waals surface area contributed by atoms with E-state index in [1.165, 1.54) is 6.07 Å². The van der Waals surface area contributed by atoms with Crippen LogP contribution in [0.4, 0.5) is 0 Å². The zero-order valence-corrected chi connectivity index (χ0v) is 8.95. The molecule has 3 nitrogen and oxygen atoms in total. The highest BCUT2D eigenvalue weighted by Crippen LogP contribution is 2.32. The highest BCUT2D eigenvalue weighted by molar-refractivity contribution is 7.13. The molecule has 0 saturated heterocycles. The number of hydrogen-bond acceptors (Lipinski definition) is 3. The van der Waals surface area contributed by atoms with Gasteiger partial charge in [0.15, 0.2) is 5.69 Å². The fraction of sp³-hybridized carbons (Fsp3) is 0. The van der Waals surface area contributed by atoms with E-state index in [0.29, 0.717) is 20.1 Å². The quantitative estimate of drug-likeness (QED) is 0.842. The third-order valence-electron chi connectivity index (χ3n) is 1.69. The van der Waals surface area contributed by atoms with Crippen LogP contribution in [0.15, 0.2) is 12.1 Å². The minimum Gasteiger partial charge on any atom is -0.476 e. The number of nitrogens with zero attached hydrogens (tertiary/aromatic N) is 1. The summed E-state index contributed by atoms with van der Waals surface area (Å²) in [4.78, 5) is 10.8. The van der Waals surface area contributed by atoms with Crippen LogP contribution < -0.4 is 0 Å². The normalized spacial score (nSPS) is 10.7. The van der Waals surface area contributed by atoms with E-state index in [1.54, 1.807) is 6.07 Å². The summed E-state index contributed by atoms with van der Waals surface area (Å²) in [7, 11) is 0. The van der Waals surface area contributed by atoms with Crippen LogP contribution >= 0.6 is 34.7 Å². The fourth-order valence-corrected chi connectivity index (χ4v) is 2.68. The largest absolute Gasteiger partial charge is 0.476 e. The fourth-order valence-electron chi connectivity index (χ4n) is 1.14. The van der Waals surface area contributed by atoms with Crippen LogP contribution in [0.25, 0.3) is 10.1 Å². The van der Waals surface area contributed by atoms with E-state index in [2.05, 4.69) is 4.37 Å². The van der Waals surface area contributed by atoms with Crippen molar-refractivity contribution in [2.24, 2.45) is 0 Å². The maximum atomic E-state index is 10.8. The van der Waals surface area contributed by atoms with Crippen LogP contribution in [0.2, 0.25) is 10.0 Å². The molecule has 1 heterocycles. The topological polar surface area (TPSA) is 50.2 Å². The standard InChI is InChI=1S/C8H3Cl2NO2S/c9-3-1-4(10)6-5(2-3)14-11-7(6)8(12)13/h1-2H,(H,12,13). The maximum absolute atomic E-state index is 10.8. The Morgan fingerprint density at radius 3 is 2.79 bits per heavy atom. The first-order chi connectivity index (χ1) is 6.59.